The summed E-state index contributed by atoms with van der Waals surface area (Å²) in [6, 6.07) is 7.80. The number of benzene rings is 1. The standard InChI is InChI=1S/C19H23N3O2/c1-4-10-21-18(23)16-11-14-13-8-6-7-9-15(13)20(5-2)17(14)12(3)22(16)19(21)24/h6-9,12,16H,4-5,10-11H2,1-3H3. The molecule has 3 amide bonds. The van der Waals surface area contributed by atoms with Crippen LogP contribution in [0, 0.1) is 0 Å². The van der Waals surface area contributed by atoms with E-state index in [1.165, 1.54) is 27.1 Å². The maximum absolute atomic E-state index is 12.8. The number of aromatic nitrogens is 1. The van der Waals surface area contributed by atoms with Gasteiger partial charge in [0.15, 0.2) is 0 Å². The quantitative estimate of drug-likeness (QED) is 0.813. The molecule has 0 N–H and O–H groups in total. The number of para-hydroxylation sites is 1. The lowest BCUT2D eigenvalue weighted by atomic mass is 9.93. The highest BCUT2D eigenvalue weighted by Gasteiger charge is 2.50. The van der Waals surface area contributed by atoms with Gasteiger partial charge in [0.1, 0.15) is 6.04 Å². The molecule has 2 atom stereocenters. The van der Waals surface area contributed by atoms with E-state index in [-0.39, 0.29) is 24.0 Å². The number of carbonyl (C=O) groups excluding carboxylic acids is 2. The number of aryl methyl sites for hydroxylation is 1. The molecule has 126 valence electrons. The van der Waals surface area contributed by atoms with Gasteiger partial charge in [-0.3, -0.25) is 9.69 Å². The Morgan fingerprint density at radius 1 is 1.17 bits per heavy atom. The third kappa shape index (κ3) is 1.81. The van der Waals surface area contributed by atoms with Crippen molar-refractivity contribution < 1.29 is 9.59 Å². The predicted octanol–water partition coefficient (Wildman–Crippen LogP) is 3.32. The van der Waals surface area contributed by atoms with Crippen molar-refractivity contribution in [2.24, 2.45) is 0 Å². The van der Waals surface area contributed by atoms with Gasteiger partial charge in [-0.15, -0.1) is 0 Å². The topological polar surface area (TPSA) is 45.6 Å². The Labute approximate surface area is 141 Å². The third-order valence-corrected chi connectivity index (χ3v) is 5.43. The van der Waals surface area contributed by atoms with Gasteiger partial charge in [-0.25, -0.2) is 4.79 Å². The molecule has 0 saturated carbocycles. The SMILES string of the molecule is CCCN1C(=O)C2Cc3c(n(CC)c4ccccc34)C(C)N2C1=O. The van der Waals surface area contributed by atoms with Gasteiger partial charge in [0.2, 0.25) is 0 Å². The van der Waals surface area contributed by atoms with Crippen molar-refractivity contribution in [1.29, 1.82) is 0 Å². The number of fused-ring (bicyclic) bond motifs is 4. The summed E-state index contributed by atoms with van der Waals surface area (Å²) in [5, 5.41) is 1.22. The van der Waals surface area contributed by atoms with Crippen LogP contribution < -0.4 is 0 Å². The zero-order valence-corrected chi connectivity index (χ0v) is 14.5. The van der Waals surface area contributed by atoms with E-state index in [4.69, 9.17) is 0 Å². The van der Waals surface area contributed by atoms with E-state index in [1.807, 2.05) is 19.1 Å². The molecule has 0 radical (unpaired) electrons. The number of nitrogens with zero attached hydrogens (tertiary/aromatic N) is 3. The first-order chi connectivity index (χ1) is 11.6. The van der Waals surface area contributed by atoms with Gasteiger partial charge in [0.05, 0.1) is 6.04 Å². The second-order valence-electron chi connectivity index (χ2n) is 6.70. The van der Waals surface area contributed by atoms with E-state index in [1.54, 1.807) is 4.90 Å². The van der Waals surface area contributed by atoms with Gasteiger partial charge in [-0.1, -0.05) is 25.1 Å². The molecule has 5 nitrogen and oxygen atoms in total. The first kappa shape index (κ1) is 15.2. The number of urea groups is 1. The molecule has 1 aromatic carbocycles. The van der Waals surface area contributed by atoms with Crippen molar-refractivity contribution in [1.82, 2.24) is 14.4 Å². The molecule has 2 aromatic rings. The van der Waals surface area contributed by atoms with Crippen LogP contribution in [0.25, 0.3) is 10.9 Å². The second kappa shape index (κ2) is 5.36. The van der Waals surface area contributed by atoms with E-state index in [2.05, 4.69) is 30.5 Å². The average molecular weight is 325 g/mol. The summed E-state index contributed by atoms with van der Waals surface area (Å²) >= 11 is 0. The third-order valence-electron chi connectivity index (χ3n) is 5.43. The number of hydrogen-bond donors (Lipinski definition) is 0. The normalized spacial score (nSPS) is 23.1. The Morgan fingerprint density at radius 2 is 1.92 bits per heavy atom. The van der Waals surface area contributed by atoms with Crippen molar-refractivity contribution in [3.63, 3.8) is 0 Å². The zero-order chi connectivity index (χ0) is 17.0. The van der Waals surface area contributed by atoms with Crippen molar-refractivity contribution in [2.75, 3.05) is 6.54 Å². The molecule has 0 bridgehead atoms. The summed E-state index contributed by atoms with van der Waals surface area (Å²) in [6.07, 6.45) is 1.42. The molecule has 0 spiro atoms. The molecule has 4 rings (SSSR count). The molecule has 1 fully saturated rings. The molecule has 1 aromatic heterocycles. The Morgan fingerprint density at radius 3 is 2.62 bits per heavy atom. The number of amides is 3. The summed E-state index contributed by atoms with van der Waals surface area (Å²) in [4.78, 5) is 28.8. The van der Waals surface area contributed by atoms with Gasteiger partial charge in [-0.05, 0) is 31.9 Å². The van der Waals surface area contributed by atoms with Crippen LogP contribution >= 0.6 is 0 Å². The molecular weight excluding hydrogens is 302 g/mol. The largest absolute Gasteiger partial charge is 0.343 e. The lowest BCUT2D eigenvalue weighted by Crippen LogP contribution is -2.43. The van der Waals surface area contributed by atoms with Gasteiger partial charge >= 0.3 is 6.03 Å². The number of hydrogen-bond acceptors (Lipinski definition) is 2. The Kier molecular flexibility index (Phi) is 3.41. The van der Waals surface area contributed by atoms with E-state index in [0.717, 1.165) is 13.0 Å². The summed E-state index contributed by atoms with van der Waals surface area (Å²) in [7, 11) is 0. The summed E-state index contributed by atoms with van der Waals surface area (Å²) in [5.41, 5.74) is 3.62. The Hall–Kier alpha value is -2.30. The summed E-state index contributed by atoms with van der Waals surface area (Å²) < 4.78 is 2.30. The first-order valence-corrected chi connectivity index (χ1v) is 8.83. The Bertz CT molecular complexity index is 838. The molecule has 2 unspecified atom stereocenters. The fraction of sp³-hybridized carbons (Fsp3) is 0.474. The average Bonchev–Trinajstić information content (AvgIpc) is 3.03. The minimum atomic E-state index is -0.345. The summed E-state index contributed by atoms with van der Waals surface area (Å²) in [5.74, 6) is -0.0346. The molecule has 2 aliphatic heterocycles. The fourth-order valence-electron chi connectivity index (χ4n) is 4.47. The zero-order valence-electron chi connectivity index (χ0n) is 14.5. The van der Waals surface area contributed by atoms with Crippen LogP contribution in [0.3, 0.4) is 0 Å². The van der Waals surface area contributed by atoms with Crippen LogP contribution in [0.4, 0.5) is 4.79 Å². The van der Waals surface area contributed by atoms with Crippen molar-refractivity contribution in [3.05, 3.63) is 35.5 Å². The van der Waals surface area contributed by atoms with Crippen molar-refractivity contribution >= 4 is 22.8 Å². The predicted molar refractivity (Wildman–Crippen MR) is 92.8 cm³/mol. The number of carbonyl (C=O) groups is 2. The van der Waals surface area contributed by atoms with Crippen LogP contribution in [-0.4, -0.2) is 38.9 Å². The van der Waals surface area contributed by atoms with Gasteiger partial charge in [-0.2, -0.15) is 0 Å². The first-order valence-electron chi connectivity index (χ1n) is 8.83. The molecule has 3 heterocycles. The summed E-state index contributed by atoms with van der Waals surface area (Å²) in [6.45, 7) is 7.55. The van der Waals surface area contributed by atoms with Crippen LogP contribution in [0.2, 0.25) is 0 Å². The number of rotatable bonds is 3. The van der Waals surface area contributed by atoms with Gasteiger partial charge in [0.25, 0.3) is 5.91 Å². The Balaban J connectivity index is 1.88. The van der Waals surface area contributed by atoms with Crippen molar-refractivity contribution in [3.8, 4) is 0 Å². The lowest BCUT2D eigenvalue weighted by molar-refractivity contribution is -0.128. The fourth-order valence-corrected chi connectivity index (χ4v) is 4.47. The van der Waals surface area contributed by atoms with Crippen LogP contribution in [0.5, 0.6) is 0 Å². The lowest BCUT2D eigenvalue weighted by Gasteiger charge is -2.34. The number of imide groups is 1. The highest BCUT2D eigenvalue weighted by atomic mass is 16.2. The molecule has 1 saturated heterocycles. The van der Waals surface area contributed by atoms with E-state index < -0.39 is 0 Å². The van der Waals surface area contributed by atoms with Crippen LogP contribution in [-0.2, 0) is 17.8 Å². The van der Waals surface area contributed by atoms with Gasteiger partial charge < -0.3 is 9.47 Å². The maximum atomic E-state index is 12.8. The van der Waals surface area contributed by atoms with E-state index in [0.29, 0.717) is 13.0 Å². The molecule has 2 aliphatic rings. The van der Waals surface area contributed by atoms with Crippen LogP contribution in [0.15, 0.2) is 24.3 Å². The second-order valence-corrected chi connectivity index (χ2v) is 6.70. The highest BCUT2D eigenvalue weighted by molar-refractivity contribution is 6.05. The van der Waals surface area contributed by atoms with E-state index >= 15 is 0 Å². The highest BCUT2D eigenvalue weighted by Crippen LogP contribution is 2.42. The minimum absolute atomic E-state index is 0.0346. The molecule has 0 aliphatic carbocycles. The maximum Gasteiger partial charge on any atom is 0.328 e. The molecule has 5 heteroatoms. The minimum Gasteiger partial charge on any atom is -0.343 e. The van der Waals surface area contributed by atoms with Crippen LogP contribution in [0.1, 0.15) is 44.5 Å². The smallest absolute Gasteiger partial charge is 0.328 e. The molecule has 24 heavy (non-hydrogen) atoms. The molecular formula is C19H23N3O2. The monoisotopic (exact) mass is 325 g/mol. The van der Waals surface area contributed by atoms with Gasteiger partial charge in [0, 0.05) is 36.1 Å². The van der Waals surface area contributed by atoms with Crippen molar-refractivity contribution in [2.45, 2.75) is 52.2 Å². The van der Waals surface area contributed by atoms with E-state index in [9.17, 15) is 9.59 Å².